The average Bonchev–Trinajstić information content (AvgIpc) is 3.19. The molecule has 6 nitrogen and oxygen atoms in total. The Morgan fingerprint density at radius 3 is 2.41 bits per heavy atom. The van der Waals surface area contributed by atoms with E-state index in [1.54, 1.807) is 0 Å². The Kier molecular flexibility index (Phi) is 4.84. The van der Waals surface area contributed by atoms with Crippen LogP contribution in [0.4, 0.5) is 19.3 Å². The monoisotopic (exact) mass is 333 g/mol. The standard InChI is InChI=1S/C13H17F2N3O3S/c1-22(20,21)18(12-10(14)3-2-4-11(12)15)8-7-16-13(19)17-9-5-6-9/h2-4,9H,5-8H2,1H3,(H2,16,17,19). The zero-order valence-electron chi connectivity index (χ0n) is 12.0. The molecule has 2 rings (SSSR count). The van der Waals surface area contributed by atoms with E-state index in [0.717, 1.165) is 37.3 Å². The lowest BCUT2D eigenvalue weighted by Crippen LogP contribution is -2.43. The summed E-state index contributed by atoms with van der Waals surface area (Å²) in [7, 11) is -3.89. The minimum Gasteiger partial charge on any atom is -0.336 e. The maximum Gasteiger partial charge on any atom is 0.315 e. The number of amides is 2. The molecular formula is C13H17F2N3O3S. The molecule has 0 aliphatic heterocycles. The van der Waals surface area contributed by atoms with Gasteiger partial charge in [0, 0.05) is 12.6 Å². The van der Waals surface area contributed by atoms with Crippen molar-refractivity contribution < 1.29 is 22.0 Å². The van der Waals surface area contributed by atoms with E-state index >= 15 is 0 Å². The highest BCUT2D eigenvalue weighted by molar-refractivity contribution is 7.92. The first-order chi connectivity index (χ1) is 10.3. The Labute approximate surface area is 127 Å². The van der Waals surface area contributed by atoms with Crippen molar-refractivity contribution in [2.75, 3.05) is 23.7 Å². The van der Waals surface area contributed by atoms with Crippen molar-refractivity contribution >= 4 is 21.7 Å². The van der Waals surface area contributed by atoms with Crippen LogP contribution >= 0.6 is 0 Å². The highest BCUT2D eigenvalue weighted by Gasteiger charge is 2.25. The van der Waals surface area contributed by atoms with Crippen LogP contribution in [0.2, 0.25) is 0 Å². The molecule has 0 radical (unpaired) electrons. The largest absolute Gasteiger partial charge is 0.336 e. The van der Waals surface area contributed by atoms with Crippen molar-refractivity contribution in [3.8, 4) is 0 Å². The highest BCUT2D eigenvalue weighted by Crippen LogP contribution is 2.25. The van der Waals surface area contributed by atoms with E-state index in [1.807, 2.05) is 0 Å². The van der Waals surface area contributed by atoms with Gasteiger partial charge < -0.3 is 10.6 Å². The van der Waals surface area contributed by atoms with Gasteiger partial charge in [-0.1, -0.05) is 6.07 Å². The number of urea groups is 1. The van der Waals surface area contributed by atoms with Crippen molar-refractivity contribution in [1.82, 2.24) is 10.6 Å². The van der Waals surface area contributed by atoms with Crippen molar-refractivity contribution in [3.05, 3.63) is 29.8 Å². The SMILES string of the molecule is CS(=O)(=O)N(CCNC(=O)NC1CC1)c1c(F)cccc1F. The molecule has 0 spiro atoms. The third-order valence-electron chi connectivity index (χ3n) is 3.10. The van der Waals surface area contributed by atoms with Gasteiger partial charge in [-0.05, 0) is 25.0 Å². The summed E-state index contributed by atoms with van der Waals surface area (Å²) in [4.78, 5) is 11.5. The fourth-order valence-electron chi connectivity index (χ4n) is 1.91. The molecule has 1 aliphatic carbocycles. The molecule has 1 aromatic carbocycles. The van der Waals surface area contributed by atoms with Gasteiger partial charge in [-0.2, -0.15) is 0 Å². The molecule has 9 heteroatoms. The summed E-state index contributed by atoms with van der Waals surface area (Å²) in [6.07, 6.45) is 2.69. The highest BCUT2D eigenvalue weighted by atomic mass is 32.2. The van der Waals surface area contributed by atoms with Gasteiger partial charge in [-0.15, -0.1) is 0 Å². The number of halogens is 2. The van der Waals surface area contributed by atoms with Crippen molar-refractivity contribution in [1.29, 1.82) is 0 Å². The summed E-state index contributed by atoms with van der Waals surface area (Å²) in [5.74, 6) is -1.96. The van der Waals surface area contributed by atoms with Gasteiger partial charge in [0.25, 0.3) is 0 Å². The molecular weight excluding hydrogens is 316 g/mol. The van der Waals surface area contributed by atoms with Crippen molar-refractivity contribution in [2.45, 2.75) is 18.9 Å². The number of hydrogen-bond donors (Lipinski definition) is 2. The number of nitrogens with zero attached hydrogens (tertiary/aromatic N) is 1. The number of hydrogen-bond acceptors (Lipinski definition) is 3. The van der Waals surface area contributed by atoms with E-state index in [9.17, 15) is 22.0 Å². The summed E-state index contributed by atoms with van der Waals surface area (Å²) in [5.41, 5.74) is -0.644. The predicted octanol–water partition coefficient (Wildman–Crippen LogP) is 1.19. The van der Waals surface area contributed by atoms with Crippen LogP contribution in [0.25, 0.3) is 0 Å². The lowest BCUT2D eigenvalue weighted by Gasteiger charge is -2.23. The summed E-state index contributed by atoms with van der Waals surface area (Å²) in [6.45, 7) is -0.339. The zero-order chi connectivity index (χ0) is 16.3. The van der Waals surface area contributed by atoms with Gasteiger partial charge in [0.15, 0.2) is 11.6 Å². The number of rotatable bonds is 6. The molecule has 2 amide bonds. The first kappa shape index (κ1) is 16.5. The number of carbonyl (C=O) groups excluding carboxylic acids is 1. The molecule has 1 saturated carbocycles. The Morgan fingerprint density at radius 2 is 1.91 bits per heavy atom. The predicted molar refractivity (Wildman–Crippen MR) is 78.1 cm³/mol. The maximum absolute atomic E-state index is 13.8. The van der Waals surface area contributed by atoms with Gasteiger partial charge in [0.2, 0.25) is 10.0 Å². The van der Waals surface area contributed by atoms with Gasteiger partial charge >= 0.3 is 6.03 Å². The van der Waals surface area contributed by atoms with E-state index in [0.29, 0.717) is 4.31 Å². The van der Waals surface area contributed by atoms with Crippen LogP contribution in [0.5, 0.6) is 0 Å². The van der Waals surface area contributed by atoms with Gasteiger partial charge in [-0.25, -0.2) is 22.0 Å². The lowest BCUT2D eigenvalue weighted by molar-refractivity contribution is 0.241. The van der Waals surface area contributed by atoms with E-state index in [1.165, 1.54) is 0 Å². The third-order valence-corrected chi connectivity index (χ3v) is 4.27. The smallest absolute Gasteiger partial charge is 0.315 e. The number of anilines is 1. The molecule has 0 bridgehead atoms. The molecule has 0 saturated heterocycles. The van der Waals surface area contributed by atoms with Gasteiger partial charge in [0.1, 0.15) is 5.69 Å². The van der Waals surface area contributed by atoms with Crippen LogP contribution in [-0.4, -0.2) is 39.8 Å². The second-order valence-corrected chi connectivity index (χ2v) is 6.99. The third kappa shape index (κ3) is 4.30. The quantitative estimate of drug-likeness (QED) is 0.821. The van der Waals surface area contributed by atoms with E-state index in [4.69, 9.17) is 0 Å². The fraction of sp³-hybridized carbons (Fsp3) is 0.462. The van der Waals surface area contributed by atoms with Crippen LogP contribution in [-0.2, 0) is 10.0 Å². The summed E-state index contributed by atoms with van der Waals surface area (Å²) < 4.78 is 51.6. The lowest BCUT2D eigenvalue weighted by atomic mass is 10.3. The zero-order valence-corrected chi connectivity index (χ0v) is 12.8. The molecule has 1 aromatic rings. The topological polar surface area (TPSA) is 78.5 Å². The Morgan fingerprint density at radius 1 is 1.32 bits per heavy atom. The van der Waals surface area contributed by atoms with Crippen LogP contribution in [0.3, 0.4) is 0 Å². The molecule has 0 aromatic heterocycles. The molecule has 0 atom stereocenters. The Balaban J connectivity index is 2.05. The van der Waals surface area contributed by atoms with Crippen molar-refractivity contribution in [2.24, 2.45) is 0 Å². The number of nitrogens with one attached hydrogen (secondary N) is 2. The van der Waals surface area contributed by atoms with Gasteiger partial charge in [-0.3, -0.25) is 4.31 Å². The van der Waals surface area contributed by atoms with Gasteiger partial charge in [0.05, 0.1) is 12.8 Å². The van der Waals surface area contributed by atoms with Crippen LogP contribution in [0, 0.1) is 11.6 Å². The Hall–Kier alpha value is -1.90. The minimum atomic E-state index is -3.89. The molecule has 0 heterocycles. The van der Waals surface area contributed by atoms with Crippen LogP contribution in [0.15, 0.2) is 18.2 Å². The second kappa shape index (κ2) is 6.47. The number of sulfonamides is 1. The van der Waals surface area contributed by atoms with E-state index in [2.05, 4.69) is 10.6 Å². The number of benzene rings is 1. The average molecular weight is 333 g/mol. The first-order valence-corrected chi connectivity index (χ1v) is 8.60. The summed E-state index contributed by atoms with van der Waals surface area (Å²) >= 11 is 0. The maximum atomic E-state index is 13.8. The van der Waals surface area contributed by atoms with Crippen LogP contribution in [0.1, 0.15) is 12.8 Å². The molecule has 1 aliphatic rings. The molecule has 2 N–H and O–H groups in total. The normalized spacial score (nSPS) is 14.5. The molecule has 1 fully saturated rings. The summed E-state index contributed by atoms with van der Waals surface area (Å²) in [6, 6.07) is 2.84. The van der Waals surface area contributed by atoms with E-state index in [-0.39, 0.29) is 19.1 Å². The summed E-state index contributed by atoms with van der Waals surface area (Å²) in [5, 5.41) is 5.13. The Bertz CT molecular complexity index is 642. The molecule has 0 unspecified atom stereocenters. The van der Waals surface area contributed by atoms with E-state index < -0.39 is 33.4 Å². The number of carbonyl (C=O) groups is 1. The minimum absolute atomic E-state index is 0.0700. The van der Waals surface area contributed by atoms with Crippen LogP contribution < -0.4 is 14.9 Å². The first-order valence-electron chi connectivity index (χ1n) is 6.75. The fourth-order valence-corrected chi connectivity index (χ4v) is 2.83. The molecule has 122 valence electrons. The van der Waals surface area contributed by atoms with Crippen molar-refractivity contribution in [3.63, 3.8) is 0 Å². The molecule has 22 heavy (non-hydrogen) atoms. The second-order valence-electron chi connectivity index (χ2n) is 5.08. The number of para-hydroxylation sites is 1.